The van der Waals surface area contributed by atoms with Gasteiger partial charge < -0.3 is 10.2 Å². The van der Waals surface area contributed by atoms with Crippen LogP contribution < -0.4 is 10.2 Å². The highest BCUT2D eigenvalue weighted by Gasteiger charge is 2.40. The van der Waals surface area contributed by atoms with Gasteiger partial charge in [-0.2, -0.15) is 26.3 Å². The zero-order valence-corrected chi connectivity index (χ0v) is 11.0. The lowest BCUT2D eigenvalue weighted by atomic mass is 10.2. The second kappa shape index (κ2) is 5.27. The van der Waals surface area contributed by atoms with Crippen molar-refractivity contribution in [3.05, 3.63) is 17.7 Å². The molecule has 1 aliphatic rings. The van der Waals surface area contributed by atoms with Crippen molar-refractivity contribution in [2.45, 2.75) is 31.2 Å². The van der Waals surface area contributed by atoms with Crippen LogP contribution >= 0.6 is 0 Å². The summed E-state index contributed by atoms with van der Waals surface area (Å²) in [6.45, 7) is -1.31. The number of alkyl halides is 6. The number of pyridine rings is 1. The van der Waals surface area contributed by atoms with Crippen molar-refractivity contribution in [1.82, 2.24) is 4.98 Å². The first-order valence-corrected chi connectivity index (χ1v) is 6.20. The maximum Gasteiger partial charge on any atom is 0.416 e. The van der Waals surface area contributed by atoms with Gasteiger partial charge in [0.1, 0.15) is 18.2 Å². The van der Waals surface area contributed by atoms with Gasteiger partial charge in [-0.25, -0.2) is 4.98 Å². The summed E-state index contributed by atoms with van der Waals surface area (Å²) in [5.74, 6) is -0.429. The monoisotopic (exact) mass is 313 g/mol. The third-order valence-electron chi connectivity index (χ3n) is 3.03. The van der Waals surface area contributed by atoms with Gasteiger partial charge in [0.2, 0.25) is 0 Å². The van der Waals surface area contributed by atoms with Crippen LogP contribution in [0.15, 0.2) is 12.1 Å². The number of rotatable bonds is 4. The SMILES string of the molecule is CNc1cc(C(F)(F)F)cc(N(CC(F)(F)F)C2CC2)n1. The van der Waals surface area contributed by atoms with Gasteiger partial charge in [-0.05, 0) is 25.0 Å². The topological polar surface area (TPSA) is 28.2 Å². The molecule has 118 valence electrons. The van der Waals surface area contributed by atoms with E-state index in [0.717, 1.165) is 11.0 Å². The minimum atomic E-state index is -4.64. The van der Waals surface area contributed by atoms with Crippen molar-refractivity contribution in [2.75, 3.05) is 23.8 Å². The zero-order valence-electron chi connectivity index (χ0n) is 11.0. The third-order valence-corrected chi connectivity index (χ3v) is 3.03. The molecule has 21 heavy (non-hydrogen) atoms. The Bertz CT molecular complexity index is 507. The van der Waals surface area contributed by atoms with E-state index in [0.29, 0.717) is 18.9 Å². The van der Waals surface area contributed by atoms with E-state index < -0.39 is 30.5 Å². The van der Waals surface area contributed by atoms with Crippen molar-refractivity contribution in [3.63, 3.8) is 0 Å². The lowest BCUT2D eigenvalue weighted by molar-refractivity contribution is -0.137. The Balaban J connectivity index is 2.39. The number of hydrogen-bond acceptors (Lipinski definition) is 3. The Hall–Kier alpha value is -1.67. The number of anilines is 2. The van der Waals surface area contributed by atoms with Crippen LogP contribution in [0.2, 0.25) is 0 Å². The van der Waals surface area contributed by atoms with Crippen LogP contribution in [0.1, 0.15) is 18.4 Å². The van der Waals surface area contributed by atoms with E-state index in [9.17, 15) is 26.3 Å². The molecule has 0 aromatic carbocycles. The van der Waals surface area contributed by atoms with E-state index in [1.54, 1.807) is 0 Å². The maximum atomic E-state index is 12.8. The number of nitrogens with one attached hydrogen (secondary N) is 1. The van der Waals surface area contributed by atoms with E-state index in [-0.39, 0.29) is 11.6 Å². The number of aromatic nitrogens is 1. The standard InChI is InChI=1S/C12H13F6N3/c1-19-9-4-7(12(16,17)18)5-10(20-9)21(8-2-3-8)6-11(13,14)15/h4-5,8H,2-3,6H2,1H3,(H,19,20). The van der Waals surface area contributed by atoms with Crippen molar-refractivity contribution in [1.29, 1.82) is 0 Å². The first-order valence-electron chi connectivity index (χ1n) is 6.20. The molecule has 1 fully saturated rings. The Morgan fingerprint density at radius 1 is 1.19 bits per heavy atom. The molecule has 0 radical (unpaired) electrons. The summed E-state index contributed by atoms with van der Waals surface area (Å²) in [4.78, 5) is 4.71. The van der Waals surface area contributed by atoms with Crippen LogP contribution in [0.25, 0.3) is 0 Å². The number of hydrogen-bond donors (Lipinski definition) is 1. The summed E-state index contributed by atoms with van der Waals surface area (Å²) in [5.41, 5.74) is -1.02. The smallest absolute Gasteiger partial charge is 0.373 e. The molecule has 2 rings (SSSR count). The molecule has 0 amide bonds. The van der Waals surface area contributed by atoms with Crippen LogP contribution in [0.5, 0.6) is 0 Å². The highest BCUT2D eigenvalue weighted by Crippen LogP contribution is 2.37. The van der Waals surface area contributed by atoms with E-state index in [1.807, 2.05) is 0 Å². The molecule has 1 heterocycles. The molecule has 0 atom stereocenters. The molecule has 0 bridgehead atoms. The zero-order chi connectivity index (χ0) is 15.8. The quantitative estimate of drug-likeness (QED) is 0.860. The van der Waals surface area contributed by atoms with Gasteiger partial charge in [0.15, 0.2) is 0 Å². The molecule has 0 saturated heterocycles. The Morgan fingerprint density at radius 2 is 1.81 bits per heavy atom. The summed E-state index contributed by atoms with van der Waals surface area (Å²) < 4.78 is 76.2. The molecule has 1 N–H and O–H groups in total. The van der Waals surface area contributed by atoms with Gasteiger partial charge in [-0.3, -0.25) is 0 Å². The van der Waals surface area contributed by atoms with Crippen molar-refractivity contribution >= 4 is 11.6 Å². The fourth-order valence-electron chi connectivity index (χ4n) is 1.93. The van der Waals surface area contributed by atoms with Gasteiger partial charge in [0, 0.05) is 13.1 Å². The summed E-state index contributed by atoms with van der Waals surface area (Å²) >= 11 is 0. The molecule has 0 spiro atoms. The third kappa shape index (κ3) is 4.15. The molecule has 1 aromatic rings. The van der Waals surface area contributed by atoms with Gasteiger partial charge in [0.05, 0.1) is 5.56 Å². The number of nitrogens with zero attached hydrogens (tertiary/aromatic N) is 2. The maximum absolute atomic E-state index is 12.8. The minimum Gasteiger partial charge on any atom is -0.373 e. The summed E-state index contributed by atoms with van der Waals surface area (Å²) in [7, 11) is 1.36. The van der Waals surface area contributed by atoms with Crippen LogP contribution in [0.4, 0.5) is 38.0 Å². The second-order valence-corrected chi connectivity index (χ2v) is 4.82. The summed E-state index contributed by atoms with van der Waals surface area (Å²) in [6, 6.07) is 1.01. The Kier molecular flexibility index (Phi) is 3.94. The van der Waals surface area contributed by atoms with E-state index in [4.69, 9.17) is 0 Å². The average molecular weight is 313 g/mol. The van der Waals surface area contributed by atoms with Crippen LogP contribution in [-0.2, 0) is 6.18 Å². The Labute approximate surface area is 117 Å². The van der Waals surface area contributed by atoms with E-state index >= 15 is 0 Å². The van der Waals surface area contributed by atoms with Crippen molar-refractivity contribution < 1.29 is 26.3 Å². The van der Waals surface area contributed by atoms with Gasteiger partial charge in [0.25, 0.3) is 0 Å². The highest BCUT2D eigenvalue weighted by molar-refractivity contribution is 5.52. The fraction of sp³-hybridized carbons (Fsp3) is 0.583. The average Bonchev–Trinajstić information content (AvgIpc) is 3.17. The first-order chi connectivity index (χ1) is 9.60. The largest absolute Gasteiger partial charge is 0.416 e. The van der Waals surface area contributed by atoms with Crippen LogP contribution in [-0.4, -0.2) is 30.8 Å². The molecule has 0 unspecified atom stereocenters. The first kappa shape index (κ1) is 15.7. The molecule has 0 aliphatic heterocycles. The molecule has 3 nitrogen and oxygen atoms in total. The highest BCUT2D eigenvalue weighted by atomic mass is 19.4. The minimum absolute atomic E-state index is 0.118. The molecular weight excluding hydrogens is 300 g/mol. The fourth-order valence-corrected chi connectivity index (χ4v) is 1.93. The van der Waals surface area contributed by atoms with Crippen molar-refractivity contribution in [3.8, 4) is 0 Å². The molecule has 9 heteroatoms. The second-order valence-electron chi connectivity index (χ2n) is 4.82. The molecule has 1 saturated carbocycles. The van der Waals surface area contributed by atoms with Crippen molar-refractivity contribution in [2.24, 2.45) is 0 Å². The van der Waals surface area contributed by atoms with Gasteiger partial charge in [-0.15, -0.1) is 0 Å². The van der Waals surface area contributed by atoms with Gasteiger partial charge in [-0.1, -0.05) is 0 Å². The molecular formula is C12H13F6N3. The normalized spacial score (nSPS) is 16.0. The predicted octanol–water partition coefficient (Wildman–Crippen LogP) is 3.67. The van der Waals surface area contributed by atoms with E-state index in [2.05, 4.69) is 10.3 Å². The number of halogens is 6. The summed E-state index contributed by atoms with van der Waals surface area (Å²) in [5, 5.41) is 2.44. The lowest BCUT2D eigenvalue weighted by Gasteiger charge is -2.26. The molecule has 1 aliphatic carbocycles. The predicted molar refractivity (Wildman–Crippen MR) is 65.2 cm³/mol. The van der Waals surface area contributed by atoms with Crippen LogP contribution in [0, 0.1) is 0 Å². The summed E-state index contributed by atoms with van der Waals surface area (Å²) in [6.07, 6.45) is -8.11. The van der Waals surface area contributed by atoms with E-state index in [1.165, 1.54) is 7.05 Å². The lowest BCUT2D eigenvalue weighted by Crippen LogP contribution is -2.36. The van der Waals surface area contributed by atoms with Gasteiger partial charge >= 0.3 is 12.4 Å². The van der Waals surface area contributed by atoms with Crippen LogP contribution in [0.3, 0.4) is 0 Å². The molecule has 1 aromatic heterocycles. The Morgan fingerprint density at radius 3 is 2.24 bits per heavy atom.